The number of ether oxygens (including phenoxy) is 1. The van der Waals surface area contributed by atoms with Crippen LogP contribution in [0.4, 0.5) is 10.1 Å². The van der Waals surface area contributed by atoms with Crippen LogP contribution in [0.1, 0.15) is 41.4 Å². The van der Waals surface area contributed by atoms with Crippen molar-refractivity contribution >= 4 is 22.4 Å². The van der Waals surface area contributed by atoms with Crippen molar-refractivity contribution in [2.45, 2.75) is 33.6 Å². The third-order valence-corrected chi connectivity index (χ3v) is 5.67. The standard InChI is InChI=1S/C26H26FN3O3/c1-5-6-22(31)21-12-19-20(13-30(4)26(32)24(19)29-21)18-11-17(28)7-8-23(18)33-25-14(2)9-16(27)10-15(25)3/h7-13,29H,5-6,28H2,1-4H3. The average molecular weight is 448 g/mol. The largest absolute Gasteiger partial charge is 0.456 e. The van der Waals surface area contributed by atoms with Gasteiger partial charge in [0.15, 0.2) is 5.78 Å². The number of hydrogen-bond acceptors (Lipinski definition) is 4. The summed E-state index contributed by atoms with van der Waals surface area (Å²) in [5.74, 6) is 0.676. The first-order valence-electron chi connectivity index (χ1n) is 10.8. The highest BCUT2D eigenvalue weighted by Gasteiger charge is 2.19. The number of aryl methyl sites for hydroxylation is 3. The van der Waals surface area contributed by atoms with Gasteiger partial charge in [0.25, 0.3) is 5.56 Å². The SMILES string of the molecule is CCCC(=O)c1cc2c(-c3cc(N)ccc3Oc3c(C)cc(F)cc3C)cn(C)c(=O)c2[nH]1. The molecule has 0 saturated heterocycles. The number of carbonyl (C=O) groups excluding carboxylic acids is 1. The molecule has 7 heteroatoms. The number of anilines is 1. The van der Waals surface area contributed by atoms with E-state index in [0.29, 0.717) is 68.9 Å². The van der Waals surface area contributed by atoms with E-state index in [1.165, 1.54) is 16.7 Å². The van der Waals surface area contributed by atoms with E-state index in [-0.39, 0.29) is 17.2 Å². The van der Waals surface area contributed by atoms with Crippen molar-refractivity contribution in [3.63, 3.8) is 0 Å². The maximum absolute atomic E-state index is 13.8. The molecule has 4 rings (SSSR count). The second-order valence-electron chi connectivity index (χ2n) is 8.33. The fraction of sp³-hybridized carbons (Fsp3) is 0.231. The van der Waals surface area contributed by atoms with Crippen LogP contribution in [-0.4, -0.2) is 15.3 Å². The maximum Gasteiger partial charge on any atom is 0.274 e. The second kappa shape index (κ2) is 8.58. The van der Waals surface area contributed by atoms with E-state index in [2.05, 4.69) is 4.98 Å². The van der Waals surface area contributed by atoms with Crippen LogP contribution in [0, 0.1) is 19.7 Å². The van der Waals surface area contributed by atoms with Gasteiger partial charge in [-0.05, 0) is 67.8 Å². The molecule has 2 aromatic heterocycles. The summed E-state index contributed by atoms with van der Waals surface area (Å²) in [7, 11) is 1.65. The third-order valence-electron chi connectivity index (χ3n) is 5.67. The zero-order chi connectivity index (χ0) is 23.9. The minimum atomic E-state index is -0.328. The molecule has 0 radical (unpaired) electrons. The first-order chi connectivity index (χ1) is 15.7. The van der Waals surface area contributed by atoms with Gasteiger partial charge in [0.2, 0.25) is 0 Å². The number of Topliss-reactive ketones (excluding diaryl/α,β-unsaturated/α-hetero) is 1. The van der Waals surface area contributed by atoms with E-state index in [1.54, 1.807) is 51.4 Å². The minimum Gasteiger partial charge on any atom is -0.456 e. The van der Waals surface area contributed by atoms with Crippen LogP contribution in [-0.2, 0) is 7.05 Å². The van der Waals surface area contributed by atoms with Gasteiger partial charge >= 0.3 is 0 Å². The Bertz CT molecular complexity index is 1430. The molecule has 2 heterocycles. The Morgan fingerprint density at radius 1 is 1.12 bits per heavy atom. The molecule has 6 nitrogen and oxygen atoms in total. The van der Waals surface area contributed by atoms with Crippen molar-refractivity contribution in [3.05, 3.63) is 75.6 Å². The lowest BCUT2D eigenvalue weighted by Gasteiger charge is -2.17. The molecule has 0 aliphatic carbocycles. The first kappa shape index (κ1) is 22.3. The van der Waals surface area contributed by atoms with Gasteiger partial charge in [0, 0.05) is 41.9 Å². The van der Waals surface area contributed by atoms with Crippen LogP contribution in [0.2, 0.25) is 0 Å². The van der Waals surface area contributed by atoms with Crippen LogP contribution in [0.5, 0.6) is 11.5 Å². The van der Waals surface area contributed by atoms with Crippen LogP contribution < -0.4 is 16.0 Å². The average Bonchev–Trinajstić information content (AvgIpc) is 3.20. The van der Waals surface area contributed by atoms with Gasteiger partial charge in [-0.25, -0.2) is 4.39 Å². The molecule has 2 aromatic carbocycles. The van der Waals surface area contributed by atoms with Gasteiger partial charge in [0.1, 0.15) is 22.8 Å². The number of pyridine rings is 1. The van der Waals surface area contributed by atoms with Crippen LogP contribution in [0.15, 0.2) is 47.4 Å². The number of nitrogen functional groups attached to an aromatic ring is 1. The number of H-pyrrole nitrogens is 1. The predicted octanol–water partition coefficient (Wildman–Crippen LogP) is 5.65. The van der Waals surface area contributed by atoms with Gasteiger partial charge in [-0.3, -0.25) is 9.59 Å². The summed E-state index contributed by atoms with van der Waals surface area (Å²) in [5.41, 5.74) is 9.81. The first-order valence-corrected chi connectivity index (χ1v) is 10.8. The molecule has 0 unspecified atom stereocenters. The summed E-state index contributed by atoms with van der Waals surface area (Å²) in [6, 6.07) is 9.79. The van der Waals surface area contributed by atoms with Crippen LogP contribution in [0.3, 0.4) is 0 Å². The van der Waals surface area contributed by atoms with E-state index in [9.17, 15) is 14.0 Å². The summed E-state index contributed by atoms with van der Waals surface area (Å²) >= 11 is 0. The fourth-order valence-corrected chi connectivity index (χ4v) is 4.08. The number of nitrogens with zero attached hydrogens (tertiary/aromatic N) is 1. The topological polar surface area (TPSA) is 90.1 Å². The normalized spacial score (nSPS) is 11.2. The number of benzene rings is 2. The highest BCUT2D eigenvalue weighted by Crippen LogP contribution is 2.39. The molecule has 170 valence electrons. The molecule has 3 N–H and O–H groups in total. The van der Waals surface area contributed by atoms with Crippen molar-refractivity contribution < 1.29 is 13.9 Å². The van der Waals surface area contributed by atoms with Crippen molar-refractivity contribution in [1.29, 1.82) is 0 Å². The van der Waals surface area contributed by atoms with Gasteiger partial charge in [-0.1, -0.05) is 6.92 Å². The second-order valence-corrected chi connectivity index (χ2v) is 8.33. The van der Waals surface area contributed by atoms with Crippen molar-refractivity contribution in [2.75, 3.05) is 5.73 Å². The minimum absolute atomic E-state index is 0.0525. The number of ketones is 1. The van der Waals surface area contributed by atoms with Gasteiger partial charge in [0.05, 0.1) is 5.69 Å². The third kappa shape index (κ3) is 4.14. The number of halogens is 1. The predicted molar refractivity (Wildman–Crippen MR) is 129 cm³/mol. The monoisotopic (exact) mass is 447 g/mol. The zero-order valence-corrected chi connectivity index (χ0v) is 19.1. The van der Waals surface area contributed by atoms with Gasteiger partial charge in [-0.2, -0.15) is 0 Å². The number of fused-ring (bicyclic) bond motifs is 1. The Hall–Kier alpha value is -3.87. The van der Waals surface area contributed by atoms with Crippen molar-refractivity contribution in [2.24, 2.45) is 7.05 Å². The maximum atomic E-state index is 13.8. The Morgan fingerprint density at radius 2 is 1.82 bits per heavy atom. The fourth-order valence-electron chi connectivity index (χ4n) is 4.08. The molecule has 0 bridgehead atoms. The van der Waals surface area contributed by atoms with E-state index in [4.69, 9.17) is 10.5 Å². The van der Waals surface area contributed by atoms with E-state index in [0.717, 1.165) is 0 Å². The highest BCUT2D eigenvalue weighted by molar-refractivity contribution is 6.04. The lowest BCUT2D eigenvalue weighted by atomic mass is 10.0. The number of nitrogens with one attached hydrogen (secondary N) is 1. The number of aromatic amines is 1. The number of hydrogen-bond donors (Lipinski definition) is 2. The zero-order valence-electron chi connectivity index (χ0n) is 19.1. The summed E-state index contributed by atoms with van der Waals surface area (Å²) in [6.07, 6.45) is 2.81. The molecule has 4 aromatic rings. The Balaban J connectivity index is 1.94. The van der Waals surface area contributed by atoms with Crippen molar-refractivity contribution in [1.82, 2.24) is 9.55 Å². The summed E-state index contributed by atoms with van der Waals surface area (Å²) in [4.78, 5) is 28.3. The lowest BCUT2D eigenvalue weighted by molar-refractivity contribution is 0.0977. The molecule has 0 aliphatic heterocycles. The molecule has 0 spiro atoms. The molecular formula is C26H26FN3O3. The van der Waals surface area contributed by atoms with E-state index >= 15 is 0 Å². The number of aromatic nitrogens is 2. The molecule has 0 saturated carbocycles. The van der Waals surface area contributed by atoms with Crippen molar-refractivity contribution in [3.8, 4) is 22.6 Å². The number of carbonyl (C=O) groups is 1. The van der Waals surface area contributed by atoms with Crippen LogP contribution in [0.25, 0.3) is 22.0 Å². The number of rotatable bonds is 6. The quantitative estimate of drug-likeness (QED) is 0.295. The summed E-state index contributed by atoms with van der Waals surface area (Å²) in [5, 5.41) is 0.612. The molecule has 0 atom stereocenters. The smallest absolute Gasteiger partial charge is 0.274 e. The molecule has 0 fully saturated rings. The highest BCUT2D eigenvalue weighted by atomic mass is 19.1. The van der Waals surface area contributed by atoms with E-state index < -0.39 is 0 Å². The Morgan fingerprint density at radius 3 is 2.48 bits per heavy atom. The molecular weight excluding hydrogens is 421 g/mol. The molecule has 33 heavy (non-hydrogen) atoms. The Kier molecular flexibility index (Phi) is 5.80. The lowest BCUT2D eigenvalue weighted by Crippen LogP contribution is -2.16. The van der Waals surface area contributed by atoms with Gasteiger partial charge < -0.3 is 20.0 Å². The Labute approximate surface area is 190 Å². The van der Waals surface area contributed by atoms with Crippen LogP contribution >= 0.6 is 0 Å². The molecule has 0 amide bonds. The van der Waals surface area contributed by atoms with Gasteiger partial charge in [-0.15, -0.1) is 0 Å². The summed E-state index contributed by atoms with van der Waals surface area (Å²) in [6.45, 7) is 5.50. The molecule has 0 aliphatic rings. The van der Waals surface area contributed by atoms with E-state index in [1.807, 2.05) is 6.92 Å². The number of nitrogens with two attached hydrogens (primary N) is 1. The summed E-state index contributed by atoms with van der Waals surface area (Å²) < 4.78 is 21.5.